The molecule has 21 heavy (non-hydrogen) atoms. The average molecular weight is 289 g/mol. The molecule has 0 aliphatic carbocycles. The minimum absolute atomic E-state index is 0.0518. The molecule has 1 saturated heterocycles. The number of hydrogen-bond acceptors (Lipinski definition) is 4. The van der Waals surface area contributed by atoms with Gasteiger partial charge in [0.1, 0.15) is 0 Å². The van der Waals surface area contributed by atoms with Gasteiger partial charge in [0.15, 0.2) is 5.78 Å². The third kappa shape index (κ3) is 4.12. The highest BCUT2D eigenvalue weighted by Gasteiger charge is 2.26. The predicted octanol–water partition coefficient (Wildman–Crippen LogP) is 1.50. The molecule has 0 saturated carbocycles. The summed E-state index contributed by atoms with van der Waals surface area (Å²) in [5, 5.41) is 2.83. The zero-order valence-electron chi connectivity index (χ0n) is 12.6. The van der Waals surface area contributed by atoms with E-state index in [2.05, 4.69) is 10.2 Å². The van der Waals surface area contributed by atoms with Crippen LogP contribution in [0, 0.1) is 5.92 Å². The largest absolute Gasteiger partial charge is 0.328 e. The molecule has 1 amide bonds. The average Bonchev–Trinajstić information content (AvgIpc) is 2.87. The molecule has 1 aromatic rings. The number of ketones is 1. The van der Waals surface area contributed by atoms with Crippen LogP contribution in [0.25, 0.3) is 0 Å². The van der Waals surface area contributed by atoms with Crippen LogP contribution in [0.15, 0.2) is 24.3 Å². The van der Waals surface area contributed by atoms with Gasteiger partial charge < -0.3 is 11.1 Å². The van der Waals surface area contributed by atoms with Crippen LogP contribution in [0.5, 0.6) is 0 Å². The number of nitrogens with two attached hydrogens (primary N) is 1. The Morgan fingerprint density at radius 2 is 2.14 bits per heavy atom. The Morgan fingerprint density at radius 1 is 1.43 bits per heavy atom. The van der Waals surface area contributed by atoms with Crippen molar-refractivity contribution in [2.24, 2.45) is 11.7 Å². The third-order valence-corrected chi connectivity index (χ3v) is 4.00. The fourth-order valence-electron chi connectivity index (χ4n) is 2.73. The summed E-state index contributed by atoms with van der Waals surface area (Å²) in [6.07, 6.45) is 1.04. The Kier molecular flexibility index (Phi) is 5.09. The van der Waals surface area contributed by atoms with Crippen LogP contribution >= 0.6 is 0 Å². The van der Waals surface area contributed by atoms with Gasteiger partial charge in [0.2, 0.25) is 5.91 Å². The van der Waals surface area contributed by atoms with Crippen LogP contribution in [0.2, 0.25) is 0 Å². The van der Waals surface area contributed by atoms with Crippen molar-refractivity contribution >= 4 is 17.4 Å². The number of nitrogens with zero attached hydrogens (tertiary/aromatic N) is 1. The number of para-hydroxylation sites is 1. The van der Waals surface area contributed by atoms with E-state index in [9.17, 15) is 9.59 Å². The molecule has 2 rings (SSSR count). The van der Waals surface area contributed by atoms with E-state index in [4.69, 9.17) is 5.73 Å². The van der Waals surface area contributed by atoms with E-state index in [0.29, 0.717) is 23.7 Å². The number of rotatable bonds is 5. The maximum atomic E-state index is 12.1. The summed E-state index contributed by atoms with van der Waals surface area (Å²) < 4.78 is 0. The molecule has 0 bridgehead atoms. The summed E-state index contributed by atoms with van der Waals surface area (Å²) in [7, 11) is 0. The van der Waals surface area contributed by atoms with E-state index in [1.807, 2.05) is 13.0 Å². The van der Waals surface area contributed by atoms with Crippen molar-refractivity contribution < 1.29 is 9.59 Å². The Hall–Kier alpha value is -1.72. The Morgan fingerprint density at radius 3 is 2.76 bits per heavy atom. The summed E-state index contributed by atoms with van der Waals surface area (Å²) >= 11 is 0. The summed E-state index contributed by atoms with van der Waals surface area (Å²) in [6, 6.07) is 7.24. The maximum Gasteiger partial charge on any atom is 0.238 e. The molecule has 0 radical (unpaired) electrons. The molecule has 0 spiro atoms. The molecule has 2 atom stereocenters. The van der Waals surface area contributed by atoms with Gasteiger partial charge in [-0.2, -0.15) is 0 Å². The predicted molar refractivity (Wildman–Crippen MR) is 83.3 cm³/mol. The molecular formula is C16H23N3O2. The third-order valence-electron chi connectivity index (χ3n) is 4.00. The van der Waals surface area contributed by atoms with Crippen molar-refractivity contribution in [3.05, 3.63) is 29.8 Å². The smallest absolute Gasteiger partial charge is 0.238 e. The summed E-state index contributed by atoms with van der Waals surface area (Å²) in [5.41, 5.74) is 7.03. The number of benzene rings is 1. The van der Waals surface area contributed by atoms with Crippen LogP contribution in [-0.2, 0) is 4.79 Å². The van der Waals surface area contributed by atoms with Crippen LogP contribution in [0.1, 0.15) is 30.6 Å². The molecule has 5 nitrogen and oxygen atoms in total. The van der Waals surface area contributed by atoms with Crippen molar-refractivity contribution in [3.63, 3.8) is 0 Å². The number of Topliss-reactive ketones (excluding diaryl/α,β-unsaturated/α-hetero) is 1. The molecule has 1 heterocycles. The second-order valence-electron chi connectivity index (χ2n) is 5.79. The lowest BCUT2D eigenvalue weighted by Gasteiger charge is -2.17. The van der Waals surface area contributed by atoms with Gasteiger partial charge in [0.05, 0.1) is 12.2 Å². The standard InChI is InChI=1S/C16H23N3O2/c1-11(17)13-7-8-19(9-13)10-16(21)18-15-6-4-3-5-14(15)12(2)20/h3-6,11,13H,7-10,17H2,1-2H3,(H,18,21). The first-order chi connectivity index (χ1) is 9.97. The van der Waals surface area contributed by atoms with E-state index in [-0.39, 0.29) is 17.7 Å². The maximum absolute atomic E-state index is 12.1. The highest BCUT2D eigenvalue weighted by atomic mass is 16.2. The van der Waals surface area contributed by atoms with Crippen molar-refractivity contribution in [2.75, 3.05) is 25.0 Å². The zero-order chi connectivity index (χ0) is 15.4. The lowest BCUT2D eigenvalue weighted by Crippen LogP contribution is -2.34. The van der Waals surface area contributed by atoms with Crippen molar-refractivity contribution in [3.8, 4) is 0 Å². The number of likely N-dealkylation sites (tertiary alicyclic amines) is 1. The zero-order valence-corrected chi connectivity index (χ0v) is 12.6. The quantitative estimate of drug-likeness (QED) is 0.805. The Balaban J connectivity index is 1.93. The molecule has 1 aliphatic rings. The van der Waals surface area contributed by atoms with Crippen LogP contribution in [0.4, 0.5) is 5.69 Å². The molecule has 3 N–H and O–H groups in total. The van der Waals surface area contributed by atoms with Gasteiger partial charge in [0.25, 0.3) is 0 Å². The topological polar surface area (TPSA) is 75.4 Å². The van der Waals surface area contributed by atoms with Crippen molar-refractivity contribution in [1.82, 2.24) is 4.90 Å². The molecule has 2 unspecified atom stereocenters. The fraction of sp³-hybridized carbons (Fsp3) is 0.500. The summed E-state index contributed by atoms with van der Waals surface area (Å²) in [6.45, 7) is 5.61. The second-order valence-corrected chi connectivity index (χ2v) is 5.79. The van der Waals surface area contributed by atoms with Gasteiger partial charge >= 0.3 is 0 Å². The van der Waals surface area contributed by atoms with Gasteiger partial charge in [-0.1, -0.05) is 12.1 Å². The fourth-order valence-corrected chi connectivity index (χ4v) is 2.73. The van der Waals surface area contributed by atoms with E-state index in [1.54, 1.807) is 18.2 Å². The Bertz CT molecular complexity index is 528. The number of nitrogens with one attached hydrogen (secondary N) is 1. The minimum Gasteiger partial charge on any atom is -0.328 e. The molecular weight excluding hydrogens is 266 g/mol. The number of anilines is 1. The molecule has 0 aromatic heterocycles. The van der Waals surface area contributed by atoms with Crippen molar-refractivity contribution in [2.45, 2.75) is 26.3 Å². The number of carbonyl (C=O) groups excluding carboxylic acids is 2. The molecule has 1 fully saturated rings. The van der Waals surface area contributed by atoms with Gasteiger partial charge in [-0.15, -0.1) is 0 Å². The molecule has 1 aromatic carbocycles. The Labute approximate surface area is 125 Å². The molecule has 1 aliphatic heterocycles. The highest BCUT2D eigenvalue weighted by molar-refractivity contribution is 6.04. The number of carbonyl (C=O) groups is 2. The van der Waals surface area contributed by atoms with Gasteiger partial charge in [-0.05, 0) is 44.9 Å². The van der Waals surface area contributed by atoms with Gasteiger partial charge in [0, 0.05) is 18.2 Å². The van der Waals surface area contributed by atoms with Gasteiger partial charge in [-0.3, -0.25) is 14.5 Å². The highest BCUT2D eigenvalue weighted by Crippen LogP contribution is 2.19. The molecule has 5 heteroatoms. The first-order valence-electron chi connectivity index (χ1n) is 7.35. The summed E-state index contributed by atoms with van der Waals surface area (Å²) in [5.74, 6) is 0.320. The molecule has 114 valence electrons. The van der Waals surface area contributed by atoms with Crippen LogP contribution < -0.4 is 11.1 Å². The second kappa shape index (κ2) is 6.83. The van der Waals surface area contributed by atoms with E-state index >= 15 is 0 Å². The normalized spacial score (nSPS) is 20.2. The van der Waals surface area contributed by atoms with E-state index < -0.39 is 0 Å². The first-order valence-corrected chi connectivity index (χ1v) is 7.35. The first kappa shape index (κ1) is 15.7. The number of hydrogen-bond donors (Lipinski definition) is 2. The number of amides is 1. The van der Waals surface area contributed by atoms with Crippen LogP contribution in [0.3, 0.4) is 0 Å². The lowest BCUT2D eigenvalue weighted by atomic mass is 10.0. The summed E-state index contributed by atoms with van der Waals surface area (Å²) in [4.78, 5) is 25.8. The SMILES string of the molecule is CC(=O)c1ccccc1NC(=O)CN1CCC(C(C)N)C1. The van der Waals surface area contributed by atoms with E-state index in [1.165, 1.54) is 6.92 Å². The van der Waals surface area contributed by atoms with Gasteiger partial charge in [-0.25, -0.2) is 0 Å². The lowest BCUT2D eigenvalue weighted by molar-refractivity contribution is -0.117. The minimum atomic E-state index is -0.0889. The van der Waals surface area contributed by atoms with E-state index in [0.717, 1.165) is 19.5 Å². The monoisotopic (exact) mass is 289 g/mol. The van der Waals surface area contributed by atoms with Crippen LogP contribution in [-0.4, -0.2) is 42.3 Å². The van der Waals surface area contributed by atoms with Crippen molar-refractivity contribution in [1.29, 1.82) is 0 Å².